The maximum absolute atomic E-state index is 13.1. The Morgan fingerprint density at radius 2 is 1.20 bits per heavy atom. The van der Waals surface area contributed by atoms with Crippen molar-refractivity contribution in [1.82, 2.24) is 0 Å². The quantitative estimate of drug-likeness (QED) is 0.170. The molecule has 4 aromatic carbocycles. The van der Waals surface area contributed by atoms with Crippen molar-refractivity contribution in [3.63, 3.8) is 0 Å². The van der Waals surface area contributed by atoms with Crippen molar-refractivity contribution in [2.45, 2.75) is 26.2 Å². The topological polar surface area (TPSA) is 90.0 Å². The van der Waals surface area contributed by atoms with E-state index in [0.29, 0.717) is 40.1 Å². The summed E-state index contributed by atoms with van der Waals surface area (Å²) in [6.07, 6.45) is 3.04. The Balaban J connectivity index is 1.03. The van der Waals surface area contributed by atoms with Crippen LogP contribution in [0.15, 0.2) is 84.9 Å². The molecule has 3 fully saturated rings. The molecule has 4 unspecified atom stereocenters. The third-order valence-electron chi connectivity index (χ3n) is 8.78. The molecule has 4 atom stereocenters. The van der Waals surface area contributed by atoms with E-state index in [4.69, 9.17) is 9.47 Å². The molecule has 1 heterocycles. The fourth-order valence-electron chi connectivity index (χ4n) is 6.76. The highest BCUT2D eigenvalue weighted by Gasteiger charge is 2.61. The summed E-state index contributed by atoms with van der Waals surface area (Å²) in [5.74, 6) is -0.119. The molecule has 1 aliphatic heterocycles. The van der Waals surface area contributed by atoms with Crippen LogP contribution in [0.2, 0.25) is 0 Å². The maximum Gasteiger partial charge on any atom is 0.343 e. The second-order valence-corrected chi connectivity index (χ2v) is 11.3. The lowest BCUT2D eigenvalue weighted by molar-refractivity contribution is -0.123. The average Bonchev–Trinajstić information content (AvgIpc) is 3.67. The fourth-order valence-corrected chi connectivity index (χ4v) is 6.76. The largest absolute Gasteiger partial charge is 0.423 e. The van der Waals surface area contributed by atoms with Gasteiger partial charge in [-0.2, -0.15) is 0 Å². The number of rotatable bonds is 5. The van der Waals surface area contributed by atoms with Crippen LogP contribution in [0.3, 0.4) is 0 Å². The number of hydrogen-bond donors (Lipinski definition) is 0. The van der Waals surface area contributed by atoms with Crippen LogP contribution in [0.25, 0.3) is 10.8 Å². The molecule has 0 aromatic heterocycles. The van der Waals surface area contributed by atoms with Gasteiger partial charge < -0.3 is 9.47 Å². The first kappa shape index (κ1) is 25.2. The number of nitrogens with zero attached hydrogens (tertiary/aromatic N) is 1. The van der Waals surface area contributed by atoms with E-state index in [2.05, 4.69) is 0 Å². The van der Waals surface area contributed by atoms with Gasteiger partial charge >= 0.3 is 11.9 Å². The minimum Gasteiger partial charge on any atom is -0.423 e. The molecular formula is C34H27NO6. The number of fused-ring (bicyclic) bond motifs is 6. The standard InChI is InChI=1S/C34H27NO6/c1-19-2-13-27(14-3-19)40-34(39)25-7-4-22-18-28(15-10-21(22)16-25)41-33(38)20-8-11-26(12-9-20)35-31(36)29-23-5-6-24(17-23)30(29)32(35)37/h2-4,7-16,18,23-24,29-30H,5-6,17H2,1H3. The zero-order valence-electron chi connectivity index (χ0n) is 22.4. The van der Waals surface area contributed by atoms with Gasteiger partial charge in [-0.3, -0.25) is 14.5 Å². The Hall–Kier alpha value is -4.78. The van der Waals surface area contributed by atoms with Crippen molar-refractivity contribution in [1.29, 1.82) is 0 Å². The van der Waals surface area contributed by atoms with E-state index < -0.39 is 11.9 Å². The van der Waals surface area contributed by atoms with Gasteiger partial charge in [0.25, 0.3) is 0 Å². The summed E-state index contributed by atoms with van der Waals surface area (Å²) < 4.78 is 11.1. The summed E-state index contributed by atoms with van der Waals surface area (Å²) in [4.78, 5) is 53.0. The summed E-state index contributed by atoms with van der Waals surface area (Å²) in [5, 5.41) is 1.59. The summed E-state index contributed by atoms with van der Waals surface area (Å²) >= 11 is 0. The van der Waals surface area contributed by atoms with Crippen molar-refractivity contribution in [2.24, 2.45) is 23.7 Å². The summed E-state index contributed by atoms with van der Waals surface area (Å²) in [5.41, 5.74) is 2.29. The highest BCUT2D eigenvalue weighted by atomic mass is 16.5. The molecule has 2 saturated carbocycles. The number of aryl methyl sites for hydroxylation is 1. The van der Waals surface area contributed by atoms with Gasteiger partial charge in [0.1, 0.15) is 11.5 Å². The van der Waals surface area contributed by atoms with Gasteiger partial charge in [0.2, 0.25) is 11.8 Å². The van der Waals surface area contributed by atoms with Crippen LogP contribution in [-0.4, -0.2) is 23.8 Å². The maximum atomic E-state index is 13.1. The molecule has 2 amide bonds. The highest BCUT2D eigenvalue weighted by Crippen LogP contribution is 2.56. The van der Waals surface area contributed by atoms with Gasteiger partial charge in [-0.15, -0.1) is 0 Å². The van der Waals surface area contributed by atoms with Gasteiger partial charge in [-0.05, 0) is 109 Å². The Morgan fingerprint density at radius 3 is 1.88 bits per heavy atom. The van der Waals surface area contributed by atoms with Crippen LogP contribution >= 0.6 is 0 Å². The molecule has 7 heteroatoms. The molecule has 7 rings (SSSR count). The average molecular weight is 546 g/mol. The number of imide groups is 1. The molecule has 7 nitrogen and oxygen atoms in total. The van der Waals surface area contributed by atoms with Crippen LogP contribution in [0.1, 0.15) is 45.5 Å². The predicted octanol–water partition coefficient (Wildman–Crippen LogP) is 6.12. The molecule has 204 valence electrons. The molecule has 1 saturated heterocycles. The minimum atomic E-state index is -0.553. The second-order valence-electron chi connectivity index (χ2n) is 11.3. The lowest BCUT2D eigenvalue weighted by atomic mass is 9.81. The van der Waals surface area contributed by atoms with E-state index in [1.54, 1.807) is 72.8 Å². The molecule has 4 aromatic rings. The normalized spacial score (nSPS) is 22.7. The Kier molecular flexibility index (Phi) is 5.96. The first-order valence-corrected chi connectivity index (χ1v) is 13.9. The predicted molar refractivity (Wildman–Crippen MR) is 152 cm³/mol. The monoisotopic (exact) mass is 545 g/mol. The molecule has 2 aliphatic carbocycles. The summed E-state index contributed by atoms with van der Waals surface area (Å²) in [6, 6.07) is 24.0. The zero-order chi connectivity index (χ0) is 28.2. The van der Waals surface area contributed by atoms with Crippen molar-refractivity contribution in [2.75, 3.05) is 4.90 Å². The van der Waals surface area contributed by atoms with Crippen molar-refractivity contribution >= 4 is 40.2 Å². The van der Waals surface area contributed by atoms with Crippen molar-refractivity contribution < 1.29 is 28.7 Å². The van der Waals surface area contributed by atoms with Gasteiger partial charge in [-0.1, -0.05) is 29.8 Å². The lowest BCUT2D eigenvalue weighted by Crippen LogP contribution is -2.32. The van der Waals surface area contributed by atoms with E-state index in [1.165, 1.54) is 4.90 Å². The van der Waals surface area contributed by atoms with Crippen LogP contribution < -0.4 is 14.4 Å². The minimum absolute atomic E-state index is 0.106. The molecule has 41 heavy (non-hydrogen) atoms. The van der Waals surface area contributed by atoms with Crippen molar-refractivity contribution in [3.8, 4) is 11.5 Å². The Bertz CT molecular complexity index is 1700. The van der Waals surface area contributed by atoms with Gasteiger partial charge in [0.05, 0.1) is 28.7 Å². The molecule has 0 spiro atoms. The van der Waals surface area contributed by atoms with Crippen LogP contribution in [-0.2, 0) is 9.59 Å². The molecule has 2 bridgehead atoms. The first-order chi connectivity index (χ1) is 19.9. The van der Waals surface area contributed by atoms with E-state index >= 15 is 0 Å². The molecule has 3 aliphatic rings. The molecule has 0 radical (unpaired) electrons. The molecular weight excluding hydrogens is 518 g/mol. The Morgan fingerprint density at radius 1 is 0.659 bits per heavy atom. The van der Waals surface area contributed by atoms with Gasteiger partial charge in [-0.25, -0.2) is 9.59 Å². The number of anilines is 1. The lowest BCUT2D eigenvalue weighted by Gasteiger charge is -2.19. The van der Waals surface area contributed by atoms with Gasteiger partial charge in [0, 0.05) is 0 Å². The van der Waals surface area contributed by atoms with Crippen molar-refractivity contribution in [3.05, 3.63) is 102 Å². The number of hydrogen-bond acceptors (Lipinski definition) is 6. The SMILES string of the molecule is Cc1ccc(OC(=O)c2ccc3cc(OC(=O)c4ccc(N5C(=O)C6C7CCC(C7)C6C5=O)cc4)ccc3c2)cc1. The first-order valence-electron chi connectivity index (χ1n) is 13.9. The second kappa shape index (κ2) is 9.70. The number of carbonyl (C=O) groups excluding carboxylic acids is 4. The number of benzene rings is 4. The smallest absolute Gasteiger partial charge is 0.343 e. The van der Waals surface area contributed by atoms with Crippen LogP contribution in [0.5, 0.6) is 11.5 Å². The van der Waals surface area contributed by atoms with E-state index in [-0.39, 0.29) is 23.7 Å². The van der Waals surface area contributed by atoms with Crippen LogP contribution in [0.4, 0.5) is 5.69 Å². The van der Waals surface area contributed by atoms with Gasteiger partial charge in [0.15, 0.2) is 0 Å². The van der Waals surface area contributed by atoms with E-state index in [0.717, 1.165) is 35.6 Å². The number of amides is 2. The molecule has 0 N–H and O–H groups in total. The number of ether oxygens (including phenoxy) is 2. The third-order valence-corrected chi connectivity index (χ3v) is 8.78. The number of carbonyl (C=O) groups is 4. The summed E-state index contributed by atoms with van der Waals surface area (Å²) in [7, 11) is 0. The zero-order valence-corrected chi connectivity index (χ0v) is 22.4. The van der Waals surface area contributed by atoms with E-state index in [9.17, 15) is 19.2 Å². The number of esters is 2. The Labute approximate surface area is 236 Å². The van der Waals surface area contributed by atoms with Crippen LogP contribution in [0, 0.1) is 30.6 Å². The third kappa shape index (κ3) is 4.38. The summed E-state index contributed by atoms with van der Waals surface area (Å²) in [6.45, 7) is 1.96. The van der Waals surface area contributed by atoms with E-state index in [1.807, 2.05) is 19.1 Å². The fraction of sp³-hybridized carbons (Fsp3) is 0.235. The highest BCUT2D eigenvalue weighted by molar-refractivity contribution is 6.22.